The maximum atomic E-state index is 12.3. The van der Waals surface area contributed by atoms with E-state index in [9.17, 15) is 4.79 Å². The number of carbonyl (C=O) groups excluding carboxylic acids is 1. The number of ether oxygens (including phenoxy) is 1. The summed E-state index contributed by atoms with van der Waals surface area (Å²) in [6.07, 6.45) is 0. The van der Waals surface area contributed by atoms with E-state index in [-0.39, 0.29) is 5.91 Å². The first-order valence-electron chi connectivity index (χ1n) is 7.38. The predicted octanol–water partition coefficient (Wildman–Crippen LogP) is 3.39. The predicted molar refractivity (Wildman–Crippen MR) is 92.8 cm³/mol. The van der Waals surface area contributed by atoms with Crippen molar-refractivity contribution in [3.8, 4) is 5.75 Å². The van der Waals surface area contributed by atoms with Crippen LogP contribution in [-0.4, -0.2) is 18.0 Å². The van der Waals surface area contributed by atoms with Crippen molar-refractivity contribution in [3.05, 3.63) is 64.7 Å². The Morgan fingerprint density at radius 1 is 1.17 bits per heavy atom. The molecule has 1 amide bonds. The summed E-state index contributed by atoms with van der Waals surface area (Å²) in [7, 11) is 0. The van der Waals surface area contributed by atoms with Crippen molar-refractivity contribution in [3.63, 3.8) is 0 Å². The van der Waals surface area contributed by atoms with E-state index in [4.69, 9.17) is 22.1 Å². The second-order valence-corrected chi connectivity index (χ2v) is 6.52. The highest BCUT2D eigenvalue weighted by Crippen LogP contribution is 2.20. The Labute approximate surface area is 141 Å². The van der Waals surface area contributed by atoms with Crippen molar-refractivity contribution in [2.75, 3.05) is 6.54 Å². The molecule has 0 atom stereocenters. The molecule has 5 heteroatoms. The molecule has 2 aromatic carbocycles. The van der Waals surface area contributed by atoms with Crippen LogP contribution in [-0.2, 0) is 6.61 Å². The third-order valence-corrected chi connectivity index (χ3v) is 3.40. The van der Waals surface area contributed by atoms with Gasteiger partial charge in [0, 0.05) is 17.1 Å². The molecule has 2 aromatic rings. The lowest BCUT2D eigenvalue weighted by molar-refractivity contribution is 0.0941. The minimum atomic E-state index is -0.464. The first-order chi connectivity index (χ1) is 10.8. The van der Waals surface area contributed by atoms with Crippen LogP contribution in [0.3, 0.4) is 0 Å². The number of para-hydroxylation sites is 1. The SMILES string of the molecule is CC(C)(N)CNC(=O)c1ccccc1OCc1ccc(Cl)cc1. The van der Waals surface area contributed by atoms with Gasteiger partial charge >= 0.3 is 0 Å². The molecular formula is C18H21ClN2O2. The van der Waals surface area contributed by atoms with Gasteiger partial charge in [-0.15, -0.1) is 0 Å². The Morgan fingerprint density at radius 3 is 2.48 bits per heavy atom. The molecule has 122 valence electrons. The van der Waals surface area contributed by atoms with Crippen LogP contribution in [0.4, 0.5) is 0 Å². The van der Waals surface area contributed by atoms with Crippen molar-refractivity contribution in [2.24, 2.45) is 5.73 Å². The highest BCUT2D eigenvalue weighted by molar-refractivity contribution is 6.30. The molecule has 23 heavy (non-hydrogen) atoms. The Balaban J connectivity index is 2.05. The van der Waals surface area contributed by atoms with Crippen LogP contribution in [0.2, 0.25) is 5.02 Å². The number of rotatable bonds is 6. The van der Waals surface area contributed by atoms with Gasteiger partial charge in [0.25, 0.3) is 5.91 Å². The van der Waals surface area contributed by atoms with Gasteiger partial charge in [0.2, 0.25) is 0 Å². The van der Waals surface area contributed by atoms with Crippen molar-refractivity contribution >= 4 is 17.5 Å². The summed E-state index contributed by atoms with van der Waals surface area (Å²) in [5.41, 5.74) is 6.90. The number of hydrogen-bond acceptors (Lipinski definition) is 3. The fourth-order valence-corrected chi connectivity index (χ4v) is 2.05. The van der Waals surface area contributed by atoms with E-state index in [1.165, 1.54) is 0 Å². The monoisotopic (exact) mass is 332 g/mol. The maximum absolute atomic E-state index is 12.3. The summed E-state index contributed by atoms with van der Waals surface area (Å²) < 4.78 is 5.78. The zero-order valence-corrected chi connectivity index (χ0v) is 14.1. The molecular weight excluding hydrogens is 312 g/mol. The van der Waals surface area contributed by atoms with Gasteiger partial charge in [0.05, 0.1) is 5.56 Å². The summed E-state index contributed by atoms with van der Waals surface area (Å²) in [6, 6.07) is 14.5. The van der Waals surface area contributed by atoms with E-state index in [1.54, 1.807) is 18.2 Å². The number of carbonyl (C=O) groups is 1. The normalized spacial score (nSPS) is 11.1. The topological polar surface area (TPSA) is 64.3 Å². The summed E-state index contributed by atoms with van der Waals surface area (Å²) in [4.78, 5) is 12.3. The molecule has 4 nitrogen and oxygen atoms in total. The lowest BCUT2D eigenvalue weighted by Gasteiger charge is -2.19. The van der Waals surface area contributed by atoms with Gasteiger partial charge in [0.15, 0.2) is 0 Å². The minimum Gasteiger partial charge on any atom is -0.488 e. The van der Waals surface area contributed by atoms with Crippen molar-refractivity contribution in [2.45, 2.75) is 26.0 Å². The Hall–Kier alpha value is -2.04. The third-order valence-electron chi connectivity index (χ3n) is 3.14. The van der Waals surface area contributed by atoms with Gasteiger partial charge in [-0.1, -0.05) is 35.9 Å². The first-order valence-corrected chi connectivity index (χ1v) is 7.76. The zero-order valence-electron chi connectivity index (χ0n) is 13.3. The largest absolute Gasteiger partial charge is 0.488 e. The lowest BCUT2D eigenvalue weighted by Crippen LogP contribution is -2.45. The average Bonchev–Trinajstić information content (AvgIpc) is 2.52. The molecule has 0 aliphatic heterocycles. The van der Waals surface area contributed by atoms with Gasteiger partial charge in [0.1, 0.15) is 12.4 Å². The van der Waals surface area contributed by atoms with Crippen LogP contribution >= 0.6 is 11.6 Å². The van der Waals surface area contributed by atoms with Crippen LogP contribution in [0.15, 0.2) is 48.5 Å². The second kappa shape index (κ2) is 7.49. The molecule has 0 aliphatic carbocycles. The van der Waals surface area contributed by atoms with Gasteiger partial charge in [-0.3, -0.25) is 4.79 Å². The number of nitrogens with two attached hydrogens (primary N) is 1. The maximum Gasteiger partial charge on any atom is 0.255 e. The van der Waals surface area contributed by atoms with Crippen LogP contribution in [0, 0.1) is 0 Å². The number of hydrogen-bond donors (Lipinski definition) is 2. The second-order valence-electron chi connectivity index (χ2n) is 6.08. The van der Waals surface area contributed by atoms with Crippen LogP contribution in [0.25, 0.3) is 0 Å². The summed E-state index contributed by atoms with van der Waals surface area (Å²) in [5, 5.41) is 3.50. The molecule has 0 heterocycles. The van der Waals surface area contributed by atoms with Gasteiger partial charge in [-0.05, 0) is 43.7 Å². The molecule has 0 unspecified atom stereocenters. The molecule has 0 saturated carbocycles. The van der Waals surface area contributed by atoms with Crippen molar-refractivity contribution < 1.29 is 9.53 Å². The smallest absolute Gasteiger partial charge is 0.255 e. The Kier molecular flexibility index (Phi) is 5.64. The van der Waals surface area contributed by atoms with E-state index in [0.29, 0.717) is 29.5 Å². The molecule has 2 rings (SSSR count). The molecule has 0 bridgehead atoms. The molecule has 0 aliphatic rings. The fraction of sp³-hybridized carbons (Fsp3) is 0.278. The zero-order chi connectivity index (χ0) is 16.9. The molecule has 0 spiro atoms. The molecule has 0 aromatic heterocycles. The van der Waals surface area contributed by atoms with E-state index in [2.05, 4.69) is 5.32 Å². The number of amides is 1. The number of halogens is 1. The van der Waals surface area contributed by atoms with Gasteiger partial charge in [-0.25, -0.2) is 0 Å². The van der Waals surface area contributed by atoms with Crippen molar-refractivity contribution in [1.29, 1.82) is 0 Å². The van der Waals surface area contributed by atoms with Crippen LogP contribution in [0.1, 0.15) is 29.8 Å². The lowest BCUT2D eigenvalue weighted by atomic mass is 10.1. The van der Waals surface area contributed by atoms with E-state index in [0.717, 1.165) is 5.56 Å². The Bertz CT molecular complexity index is 663. The number of nitrogens with one attached hydrogen (secondary N) is 1. The highest BCUT2D eigenvalue weighted by Gasteiger charge is 2.16. The van der Waals surface area contributed by atoms with E-state index >= 15 is 0 Å². The quantitative estimate of drug-likeness (QED) is 0.852. The molecule has 0 radical (unpaired) electrons. The minimum absolute atomic E-state index is 0.199. The highest BCUT2D eigenvalue weighted by atomic mass is 35.5. The van der Waals surface area contributed by atoms with Gasteiger partial charge in [-0.2, -0.15) is 0 Å². The molecule has 0 saturated heterocycles. The van der Waals surface area contributed by atoms with Crippen LogP contribution in [0.5, 0.6) is 5.75 Å². The Morgan fingerprint density at radius 2 is 1.83 bits per heavy atom. The average molecular weight is 333 g/mol. The van der Waals surface area contributed by atoms with Gasteiger partial charge < -0.3 is 15.8 Å². The summed E-state index contributed by atoms with van der Waals surface area (Å²) >= 11 is 5.86. The third kappa shape index (κ3) is 5.58. The number of benzene rings is 2. The fourth-order valence-electron chi connectivity index (χ4n) is 1.93. The van der Waals surface area contributed by atoms with E-state index < -0.39 is 5.54 Å². The van der Waals surface area contributed by atoms with Crippen molar-refractivity contribution in [1.82, 2.24) is 5.32 Å². The molecule has 0 fully saturated rings. The summed E-state index contributed by atoms with van der Waals surface area (Å²) in [5.74, 6) is 0.338. The molecule has 3 N–H and O–H groups in total. The summed E-state index contributed by atoms with van der Waals surface area (Å²) in [6.45, 7) is 4.47. The first kappa shape index (κ1) is 17.3. The standard InChI is InChI=1S/C18H21ClN2O2/c1-18(2,20)12-21-17(22)15-5-3-4-6-16(15)23-11-13-7-9-14(19)10-8-13/h3-10H,11-12,20H2,1-2H3,(H,21,22). The van der Waals surface area contributed by atoms with E-state index in [1.807, 2.05) is 44.2 Å². The van der Waals surface area contributed by atoms with Crippen LogP contribution < -0.4 is 15.8 Å².